The topological polar surface area (TPSA) is 35.5 Å². The smallest absolute Gasteiger partial charge is 0.169 e. The fourth-order valence-electron chi connectivity index (χ4n) is 2.40. The molecule has 0 heterocycles. The second kappa shape index (κ2) is 5.11. The van der Waals surface area contributed by atoms with E-state index < -0.39 is 6.10 Å². The third-order valence-corrected chi connectivity index (χ3v) is 3.46. The van der Waals surface area contributed by atoms with Gasteiger partial charge in [0.25, 0.3) is 0 Å². The van der Waals surface area contributed by atoms with Gasteiger partial charge in [-0.15, -0.1) is 0 Å². The van der Waals surface area contributed by atoms with Crippen LogP contribution in [0.5, 0.6) is 5.75 Å². The lowest BCUT2D eigenvalue weighted by Gasteiger charge is -2.33. The fourth-order valence-corrected chi connectivity index (χ4v) is 2.40. The highest BCUT2D eigenvalue weighted by molar-refractivity contribution is 5.90. The zero-order valence-corrected chi connectivity index (χ0v) is 11.4. The predicted molar refractivity (Wildman–Crippen MR) is 70.1 cm³/mol. The first kappa shape index (κ1) is 13.1. The molecule has 1 aliphatic carbocycles. The van der Waals surface area contributed by atoms with Gasteiger partial charge in [-0.1, -0.05) is 19.9 Å². The molecule has 0 amide bonds. The standard InChI is InChI=1S/C15H20O3/c1-9(2)12-6-5-11(7-10(12)3)18-14-8-13(16)15(14)17-4/h5-7,9,14-15H,8H2,1-4H3. The third kappa shape index (κ3) is 2.41. The number of aryl methyl sites for hydroxylation is 1. The number of carbonyl (C=O) groups excluding carboxylic acids is 1. The van der Waals surface area contributed by atoms with Crippen molar-refractivity contribution in [2.75, 3.05) is 7.11 Å². The maximum atomic E-state index is 11.3. The van der Waals surface area contributed by atoms with Crippen molar-refractivity contribution in [1.82, 2.24) is 0 Å². The first-order chi connectivity index (χ1) is 8.52. The van der Waals surface area contributed by atoms with Gasteiger partial charge in [-0.3, -0.25) is 4.79 Å². The fraction of sp³-hybridized carbons (Fsp3) is 0.533. The van der Waals surface area contributed by atoms with Crippen LogP contribution in [-0.2, 0) is 9.53 Å². The SMILES string of the molecule is COC1C(=O)CC1Oc1ccc(C(C)C)c(C)c1. The molecule has 0 radical (unpaired) electrons. The van der Waals surface area contributed by atoms with Gasteiger partial charge in [0, 0.05) is 13.5 Å². The highest BCUT2D eigenvalue weighted by atomic mass is 16.5. The Balaban J connectivity index is 2.07. The van der Waals surface area contributed by atoms with Crippen molar-refractivity contribution in [3.05, 3.63) is 29.3 Å². The molecule has 98 valence electrons. The average molecular weight is 248 g/mol. The minimum atomic E-state index is -0.393. The van der Waals surface area contributed by atoms with Crippen molar-refractivity contribution >= 4 is 5.78 Å². The van der Waals surface area contributed by atoms with E-state index in [2.05, 4.69) is 26.8 Å². The summed E-state index contributed by atoms with van der Waals surface area (Å²) in [6, 6.07) is 6.10. The molecular formula is C15H20O3. The molecule has 2 rings (SSSR count). The van der Waals surface area contributed by atoms with Crippen LogP contribution in [0.15, 0.2) is 18.2 Å². The number of ether oxygens (including phenoxy) is 2. The van der Waals surface area contributed by atoms with Crippen LogP contribution in [-0.4, -0.2) is 25.1 Å². The van der Waals surface area contributed by atoms with Gasteiger partial charge in [-0.25, -0.2) is 0 Å². The summed E-state index contributed by atoms with van der Waals surface area (Å²) >= 11 is 0. The highest BCUT2D eigenvalue weighted by Crippen LogP contribution is 2.28. The van der Waals surface area contributed by atoms with Gasteiger partial charge in [0.15, 0.2) is 11.9 Å². The summed E-state index contributed by atoms with van der Waals surface area (Å²) in [6.45, 7) is 6.44. The summed E-state index contributed by atoms with van der Waals surface area (Å²) in [6.07, 6.45) is -0.0781. The molecule has 3 heteroatoms. The molecule has 0 saturated heterocycles. The molecule has 3 nitrogen and oxygen atoms in total. The molecule has 2 unspecified atom stereocenters. The van der Waals surface area contributed by atoms with E-state index in [1.54, 1.807) is 7.11 Å². The van der Waals surface area contributed by atoms with Gasteiger partial charge < -0.3 is 9.47 Å². The van der Waals surface area contributed by atoms with Crippen LogP contribution in [0.4, 0.5) is 0 Å². The monoisotopic (exact) mass is 248 g/mol. The number of rotatable bonds is 4. The van der Waals surface area contributed by atoms with Crippen molar-refractivity contribution in [2.24, 2.45) is 0 Å². The summed E-state index contributed by atoms with van der Waals surface area (Å²) in [5, 5.41) is 0. The normalized spacial score (nSPS) is 23.1. The molecule has 18 heavy (non-hydrogen) atoms. The van der Waals surface area contributed by atoms with Gasteiger partial charge >= 0.3 is 0 Å². The minimum Gasteiger partial charge on any atom is -0.487 e. The lowest BCUT2D eigenvalue weighted by molar-refractivity contribution is -0.150. The van der Waals surface area contributed by atoms with Crippen LogP contribution in [0.25, 0.3) is 0 Å². The molecule has 2 atom stereocenters. The zero-order valence-electron chi connectivity index (χ0n) is 11.4. The molecule has 1 aliphatic rings. The molecule has 1 aromatic rings. The lowest BCUT2D eigenvalue weighted by atomic mass is 9.90. The number of hydrogen-bond acceptors (Lipinski definition) is 3. The summed E-state index contributed by atoms with van der Waals surface area (Å²) in [5.41, 5.74) is 2.55. The Bertz CT molecular complexity index is 451. The molecule has 1 aromatic carbocycles. The average Bonchev–Trinajstić information content (AvgIpc) is 2.28. The second-order valence-corrected chi connectivity index (χ2v) is 5.16. The Morgan fingerprint density at radius 2 is 2.06 bits per heavy atom. The van der Waals surface area contributed by atoms with E-state index in [1.807, 2.05) is 12.1 Å². The Labute approximate surface area is 108 Å². The summed E-state index contributed by atoms with van der Waals surface area (Å²) < 4.78 is 10.9. The maximum absolute atomic E-state index is 11.3. The van der Waals surface area contributed by atoms with E-state index in [0.29, 0.717) is 12.3 Å². The Hall–Kier alpha value is -1.35. The first-order valence-corrected chi connectivity index (χ1v) is 6.35. The maximum Gasteiger partial charge on any atom is 0.169 e. The second-order valence-electron chi connectivity index (χ2n) is 5.16. The van der Waals surface area contributed by atoms with E-state index in [0.717, 1.165) is 5.75 Å². The number of hydrogen-bond donors (Lipinski definition) is 0. The summed E-state index contributed by atoms with van der Waals surface area (Å²) in [5.74, 6) is 1.45. The molecule has 1 saturated carbocycles. The van der Waals surface area contributed by atoms with Crippen LogP contribution < -0.4 is 4.74 Å². The van der Waals surface area contributed by atoms with Gasteiger partial charge in [0.2, 0.25) is 0 Å². The van der Waals surface area contributed by atoms with Crippen LogP contribution in [0, 0.1) is 6.92 Å². The van der Waals surface area contributed by atoms with Crippen LogP contribution >= 0.6 is 0 Å². The first-order valence-electron chi connectivity index (χ1n) is 6.35. The minimum absolute atomic E-state index is 0.123. The lowest BCUT2D eigenvalue weighted by Crippen LogP contribution is -2.51. The number of carbonyl (C=O) groups is 1. The van der Waals surface area contributed by atoms with E-state index in [-0.39, 0.29) is 11.9 Å². The van der Waals surface area contributed by atoms with Crippen molar-refractivity contribution in [1.29, 1.82) is 0 Å². The van der Waals surface area contributed by atoms with Crippen LogP contribution in [0.3, 0.4) is 0 Å². The molecule has 0 N–H and O–H groups in total. The van der Waals surface area contributed by atoms with E-state index in [4.69, 9.17) is 9.47 Å². The number of Topliss-reactive ketones (excluding diaryl/α,β-unsaturated/α-hetero) is 1. The number of methoxy groups -OCH3 is 1. The van der Waals surface area contributed by atoms with Crippen molar-refractivity contribution in [3.63, 3.8) is 0 Å². The molecule has 0 bridgehead atoms. The highest BCUT2D eigenvalue weighted by Gasteiger charge is 2.41. The van der Waals surface area contributed by atoms with Gasteiger partial charge in [0.1, 0.15) is 11.9 Å². The van der Waals surface area contributed by atoms with Gasteiger partial charge in [-0.2, -0.15) is 0 Å². The molecule has 0 aliphatic heterocycles. The summed E-state index contributed by atoms with van der Waals surface area (Å²) in [4.78, 5) is 11.3. The Morgan fingerprint density at radius 1 is 1.33 bits per heavy atom. The Kier molecular flexibility index (Phi) is 3.71. The number of ketones is 1. The van der Waals surface area contributed by atoms with Gasteiger partial charge in [-0.05, 0) is 36.1 Å². The predicted octanol–water partition coefficient (Wildman–Crippen LogP) is 2.85. The van der Waals surface area contributed by atoms with E-state index in [1.165, 1.54) is 11.1 Å². The molecular weight excluding hydrogens is 228 g/mol. The molecule has 0 spiro atoms. The number of benzene rings is 1. The quantitative estimate of drug-likeness (QED) is 0.822. The van der Waals surface area contributed by atoms with Crippen molar-refractivity contribution in [3.8, 4) is 5.75 Å². The largest absolute Gasteiger partial charge is 0.487 e. The van der Waals surface area contributed by atoms with E-state index in [9.17, 15) is 4.79 Å². The zero-order chi connectivity index (χ0) is 13.3. The van der Waals surface area contributed by atoms with Crippen LogP contribution in [0.1, 0.15) is 37.3 Å². The summed E-state index contributed by atoms with van der Waals surface area (Å²) in [7, 11) is 1.55. The van der Waals surface area contributed by atoms with Gasteiger partial charge in [0.05, 0.1) is 0 Å². The molecule has 0 aromatic heterocycles. The third-order valence-electron chi connectivity index (χ3n) is 3.46. The van der Waals surface area contributed by atoms with Crippen LogP contribution in [0.2, 0.25) is 0 Å². The Morgan fingerprint density at radius 3 is 2.56 bits per heavy atom. The van der Waals surface area contributed by atoms with Crippen molar-refractivity contribution in [2.45, 2.75) is 45.3 Å². The van der Waals surface area contributed by atoms with E-state index >= 15 is 0 Å². The van der Waals surface area contributed by atoms with Crippen molar-refractivity contribution < 1.29 is 14.3 Å². The molecule has 1 fully saturated rings.